The number of carboxylic acid groups (broad SMARTS) is 1. The normalized spacial score (nSPS) is 17.9. The molecule has 0 spiro atoms. The summed E-state index contributed by atoms with van der Waals surface area (Å²) in [6.07, 6.45) is 8.81. The van der Waals surface area contributed by atoms with E-state index in [1.165, 1.54) is 38.0 Å². The average molecular weight is 238 g/mol. The highest BCUT2D eigenvalue weighted by molar-refractivity contribution is 5.87. The van der Waals surface area contributed by atoms with Gasteiger partial charge in [-0.2, -0.15) is 0 Å². The minimum absolute atomic E-state index is 0.185. The molecule has 1 aliphatic rings. The molecule has 0 radical (unpaired) electrons. The third-order valence-electron chi connectivity index (χ3n) is 3.16. The minimum atomic E-state index is -0.963. The van der Waals surface area contributed by atoms with Crippen molar-refractivity contribution < 1.29 is 19.1 Å². The second-order valence-electron chi connectivity index (χ2n) is 4.53. The van der Waals surface area contributed by atoms with Crippen LogP contribution in [0.5, 0.6) is 0 Å². The molecule has 1 aliphatic carbocycles. The summed E-state index contributed by atoms with van der Waals surface area (Å²) in [4.78, 5) is 10.7. The van der Waals surface area contributed by atoms with Gasteiger partial charge in [0.1, 0.15) is 18.6 Å². The number of carbonyl (C=O) groups is 1. The lowest BCUT2D eigenvalue weighted by atomic mass is 10.1. The van der Waals surface area contributed by atoms with Crippen LogP contribution in [0.1, 0.15) is 54.6 Å². The Bertz CT molecular complexity index is 361. The van der Waals surface area contributed by atoms with Gasteiger partial charge in [0.05, 0.1) is 11.7 Å². The lowest BCUT2D eigenvalue weighted by Gasteiger charge is -2.13. The van der Waals surface area contributed by atoms with Crippen LogP contribution in [-0.2, 0) is 11.3 Å². The molecule has 1 aromatic heterocycles. The van der Waals surface area contributed by atoms with E-state index in [1.807, 2.05) is 0 Å². The fourth-order valence-electron chi connectivity index (χ4n) is 2.18. The molecule has 1 N–H and O–H groups in total. The Morgan fingerprint density at radius 3 is 2.65 bits per heavy atom. The second-order valence-corrected chi connectivity index (χ2v) is 4.53. The van der Waals surface area contributed by atoms with Crippen LogP contribution in [0, 0.1) is 0 Å². The van der Waals surface area contributed by atoms with Gasteiger partial charge in [-0.1, -0.05) is 25.7 Å². The molecule has 0 atom stereocenters. The molecular formula is C13H18O4. The summed E-state index contributed by atoms with van der Waals surface area (Å²) in [7, 11) is 0. The number of hydrogen-bond acceptors (Lipinski definition) is 3. The van der Waals surface area contributed by atoms with Crippen molar-refractivity contribution in [1.82, 2.24) is 0 Å². The Morgan fingerprint density at radius 1 is 1.35 bits per heavy atom. The van der Waals surface area contributed by atoms with Gasteiger partial charge in [0, 0.05) is 0 Å². The van der Waals surface area contributed by atoms with Crippen molar-refractivity contribution in [2.75, 3.05) is 0 Å². The van der Waals surface area contributed by atoms with Gasteiger partial charge < -0.3 is 14.3 Å². The second kappa shape index (κ2) is 5.87. The molecule has 0 aromatic carbocycles. The number of furan rings is 1. The molecule has 1 fully saturated rings. The molecule has 1 saturated carbocycles. The summed E-state index contributed by atoms with van der Waals surface area (Å²) in [5.41, 5.74) is 0.185. The van der Waals surface area contributed by atoms with Crippen molar-refractivity contribution in [2.24, 2.45) is 0 Å². The summed E-state index contributed by atoms with van der Waals surface area (Å²) < 4.78 is 10.9. The first-order valence-corrected chi connectivity index (χ1v) is 6.18. The lowest BCUT2D eigenvalue weighted by Crippen LogP contribution is -2.11. The van der Waals surface area contributed by atoms with Gasteiger partial charge in [-0.15, -0.1) is 0 Å². The molecule has 4 heteroatoms. The van der Waals surface area contributed by atoms with Crippen molar-refractivity contribution in [1.29, 1.82) is 0 Å². The Hall–Kier alpha value is -1.29. The van der Waals surface area contributed by atoms with Gasteiger partial charge in [0.15, 0.2) is 0 Å². The number of hydrogen-bond donors (Lipinski definition) is 1. The number of aromatic carboxylic acids is 1. The predicted octanol–water partition coefficient (Wildman–Crippen LogP) is 3.22. The maximum Gasteiger partial charge on any atom is 0.338 e. The van der Waals surface area contributed by atoms with E-state index < -0.39 is 5.97 Å². The van der Waals surface area contributed by atoms with Crippen LogP contribution in [-0.4, -0.2) is 17.2 Å². The van der Waals surface area contributed by atoms with Crippen LogP contribution in [0.4, 0.5) is 0 Å². The molecule has 1 aromatic rings. The summed E-state index contributed by atoms with van der Waals surface area (Å²) in [5, 5.41) is 8.75. The van der Waals surface area contributed by atoms with E-state index in [9.17, 15) is 4.79 Å². The van der Waals surface area contributed by atoms with E-state index in [2.05, 4.69) is 0 Å². The average Bonchev–Trinajstić information content (AvgIpc) is 2.63. The number of carboxylic acids is 1. The van der Waals surface area contributed by atoms with Crippen molar-refractivity contribution in [3.05, 3.63) is 23.7 Å². The van der Waals surface area contributed by atoms with Crippen LogP contribution in [0.2, 0.25) is 0 Å². The summed E-state index contributed by atoms with van der Waals surface area (Å²) in [6.45, 7) is 0.373. The standard InChI is InChI=1S/C13H18O4/c14-13(15)10-7-12(16-8-10)9-17-11-5-3-1-2-4-6-11/h7-8,11H,1-6,9H2,(H,14,15). The monoisotopic (exact) mass is 238 g/mol. The molecule has 17 heavy (non-hydrogen) atoms. The van der Waals surface area contributed by atoms with E-state index in [4.69, 9.17) is 14.3 Å². The molecule has 0 bridgehead atoms. The first-order chi connectivity index (χ1) is 8.25. The Balaban J connectivity index is 1.81. The third-order valence-corrected chi connectivity index (χ3v) is 3.16. The number of ether oxygens (including phenoxy) is 1. The summed E-state index contributed by atoms with van der Waals surface area (Å²) in [6, 6.07) is 1.53. The van der Waals surface area contributed by atoms with Crippen LogP contribution in [0.15, 0.2) is 16.7 Å². The van der Waals surface area contributed by atoms with Gasteiger partial charge in [0.25, 0.3) is 0 Å². The molecule has 0 aliphatic heterocycles. The molecule has 0 amide bonds. The van der Waals surface area contributed by atoms with Gasteiger partial charge in [-0.25, -0.2) is 4.79 Å². The molecule has 94 valence electrons. The van der Waals surface area contributed by atoms with E-state index in [0.29, 0.717) is 18.5 Å². The van der Waals surface area contributed by atoms with Crippen molar-refractivity contribution in [3.8, 4) is 0 Å². The van der Waals surface area contributed by atoms with Crippen LogP contribution >= 0.6 is 0 Å². The predicted molar refractivity (Wildman–Crippen MR) is 61.9 cm³/mol. The third kappa shape index (κ3) is 3.60. The minimum Gasteiger partial charge on any atom is -0.478 e. The highest BCUT2D eigenvalue weighted by atomic mass is 16.5. The molecule has 4 nitrogen and oxygen atoms in total. The zero-order valence-electron chi connectivity index (χ0n) is 9.85. The smallest absolute Gasteiger partial charge is 0.338 e. The van der Waals surface area contributed by atoms with Crippen molar-refractivity contribution in [3.63, 3.8) is 0 Å². The lowest BCUT2D eigenvalue weighted by molar-refractivity contribution is 0.0220. The van der Waals surface area contributed by atoms with E-state index in [0.717, 1.165) is 12.8 Å². The van der Waals surface area contributed by atoms with Gasteiger partial charge >= 0.3 is 5.97 Å². The molecular weight excluding hydrogens is 220 g/mol. The Labute approximate surface area is 101 Å². The van der Waals surface area contributed by atoms with Gasteiger partial charge in [0.2, 0.25) is 0 Å². The van der Waals surface area contributed by atoms with Crippen LogP contribution in [0.25, 0.3) is 0 Å². The first kappa shape index (κ1) is 12.2. The van der Waals surface area contributed by atoms with Crippen molar-refractivity contribution in [2.45, 2.75) is 51.2 Å². The Morgan fingerprint density at radius 2 is 2.06 bits per heavy atom. The fraction of sp³-hybridized carbons (Fsp3) is 0.615. The van der Waals surface area contributed by atoms with Crippen molar-refractivity contribution >= 4 is 5.97 Å². The van der Waals surface area contributed by atoms with E-state index in [1.54, 1.807) is 0 Å². The zero-order chi connectivity index (χ0) is 12.1. The maximum atomic E-state index is 10.7. The number of rotatable bonds is 4. The topological polar surface area (TPSA) is 59.7 Å². The summed E-state index contributed by atoms with van der Waals surface area (Å²) in [5.74, 6) is -0.374. The maximum absolute atomic E-state index is 10.7. The quantitative estimate of drug-likeness (QED) is 0.818. The van der Waals surface area contributed by atoms with E-state index >= 15 is 0 Å². The van der Waals surface area contributed by atoms with E-state index in [-0.39, 0.29) is 5.56 Å². The highest BCUT2D eigenvalue weighted by Crippen LogP contribution is 2.21. The molecule has 2 rings (SSSR count). The SMILES string of the molecule is O=C(O)c1coc(COC2CCCCCC2)c1. The Kier molecular flexibility index (Phi) is 4.20. The first-order valence-electron chi connectivity index (χ1n) is 6.18. The summed E-state index contributed by atoms with van der Waals surface area (Å²) >= 11 is 0. The molecule has 0 saturated heterocycles. The van der Waals surface area contributed by atoms with Crippen LogP contribution < -0.4 is 0 Å². The zero-order valence-corrected chi connectivity index (χ0v) is 9.85. The van der Waals surface area contributed by atoms with Gasteiger partial charge in [-0.3, -0.25) is 0 Å². The highest BCUT2D eigenvalue weighted by Gasteiger charge is 2.14. The molecule has 0 unspecified atom stereocenters. The fourth-order valence-corrected chi connectivity index (χ4v) is 2.18. The largest absolute Gasteiger partial charge is 0.478 e. The van der Waals surface area contributed by atoms with Gasteiger partial charge in [-0.05, 0) is 18.9 Å². The molecule has 1 heterocycles. The van der Waals surface area contributed by atoms with Crippen LogP contribution in [0.3, 0.4) is 0 Å².